The molecule has 1 N–H and O–H groups in total. The molecule has 6 nitrogen and oxygen atoms in total. The van der Waals surface area contributed by atoms with Crippen LogP contribution in [-0.2, 0) is 13.6 Å². The van der Waals surface area contributed by atoms with E-state index in [0.717, 1.165) is 15.9 Å². The predicted octanol–water partition coefficient (Wildman–Crippen LogP) is 2.21. The molecule has 0 aliphatic rings. The summed E-state index contributed by atoms with van der Waals surface area (Å²) < 4.78 is 13.0. The van der Waals surface area contributed by atoms with Crippen molar-refractivity contribution >= 4 is 21.6 Å². The van der Waals surface area contributed by atoms with Crippen LogP contribution in [0.15, 0.2) is 22.8 Å². The topological polar surface area (TPSA) is 61.2 Å². The van der Waals surface area contributed by atoms with Gasteiger partial charge in [-0.25, -0.2) is 0 Å². The molecule has 7 heteroatoms. The molecule has 0 aromatic carbocycles. The monoisotopic (exact) mass is 326 g/mol. The Morgan fingerprint density at radius 1 is 1.32 bits per heavy atom. The van der Waals surface area contributed by atoms with Crippen LogP contribution in [0.5, 0.6) is 11.8 Å². The Kier molecular flexibility index (Phi) is 4.26. The molecule has 0 bridgehead atoms. The lowest BCUT2D eigenvalue weighted by atomic mass is 10.3. The molecule has 0 aliphatic heterocycles. The Morgan fingerprint density at radius 2 is 2.11 bits per heavy atom. The maximum Gasteiger partial charge on any atom is 0.240 e. The van der Waals surface area contributed by atoms with Gasteiger partial charge in [-0.2, -0.15) is 10.1 Å². The Morgan fingerprint density at radius 3 is 2.68 bits per heavy atom. The van der Waals surface area contributed by atoms with Crippen molar-refractivity contribution in [2.24, 2.45) is 7.05 Å². The third-order valence-electron chi connectivity index (χ3n) is 2.54. The van der Waals surface area contributed by atoms with Crippen molar-refractivity contribution in [2.45, 2.75) is 6.54 Å². The Labute approximate surface area is 119 Å². The molecule has 19 heavy (non-hydrogen) atoms. The van der Waals surface area contributed by atoms with Crippen molar-refractivity contribution in [1.29, 1.82) is 0 Å². The molecule has 0 saturated heterocycles. The molecule has 0 amide bonds. The van der Waals surface area contributed by atoms with Gasteiger partial charge in [-0.3, -0.25) is 4.68 Å². The van der Waals surface area contributed by atoms with Crippen molar-refractivity contribution in [3.05, 3.63) is 28.5 Å². The lowest BCUT2D eigenvalue weighted by molar-refractivity contribution is 0.366. The highest BCUT2D eigenvalue weighted by Gasteiger charge is 2.09. The first-order chi connectivity index (χ1) is 9.13. The van der Waals surface area contributed by atoms with Crippen molar-refractivity contribution in [3.63, 3.8) is 0 Å². The van der Waals surface area contributed by atoms with Gasteiger partial charge in [-0.05, 0) is 22.0 Å². The maximum atomic E-state index is 5.22. The number of hydrogen-bond acceptors (Lipinski definition) is 5. The van der Waals surface area contributed by atoms with Crippen LogP contribution in [0.25, 0.3) is 0 Å². The molecule has 2 aromatic heterocycles. The van der Waals surface area contributed by atoms with Crippen LogP contribution >= 0.6 is 15.9 Å². The second kappa shape index (κ2) is 5.92. The fraction of sp³-hybridized carbons (Fsp3) is 0.333. The Hall–Kier alpha value is -1.76. The van der Waals surface area contributed by atoms with Crippen LogP contribution in [0.3, 0.4) is 0 Å². The van der Waals surface area contributed by atoms with E-state index in [-0.39, 0.29) is 0 Å². The Balaban J connectivity index is 2.13. The van der Waals surface area contributed by atoms with Gasteiger partial charge in [-0.1, -0.05) is 0 Å². The second-order valence-electron chi connectivity index (χ2n) is 3.86. The maximum absolute atomic E-state index is 5.22. The van der Waals surface area contributed by atoms with Crippen LogP contribution in [0.1, 0.15) is 5.69 Å². The molecule has 0 unspecified atom stereocenters. The first-order valence-corrected chi connectivity index (χ1v) is 6.44. The number of ether oxygens (including phenoxy) is 2. The van der Waals surface area contributed by atoms with Gasteiger partial charge in [0, 0.05) is 19.3 Å². The van der Waals surface area contributed by atoms with Gasteiger partial charge in [0.2, 0.25) is 11.8 Å². The first kappa shape index (κ1) is 13.7. The molecule has 0 aliphatic carbocycles. The van der Waals surface area contributed by atoms with Gasteiger partial charge in [-0.15, -0.1) is 0 Å². The average molecular weight is 327 g/mol. The number of hydrogen-bond donors (Lipinski definition) is 1. The summed E-state index contributed by atoms with van der Waals surface area (Å²) in [5, 5.41) is 7.57. The minimum Gasteiger partial charge on any atom is -0.481 e. The SMILES string of the molecule is COc1ccc(NCc2nn(C)cc2Br)c(OC)n1. The number of pyridine rings is 1. The van der Waals surface area contributed by atoms with Gasteiger partial charge in [0.25, 0.3) is 0 Å². The normalized spacial score (nSPS) is 10.3. The van der Waals surface area contributed by atoms with Crippen molar-refractivity contribution in [2.75, 3.05) is 19.5 Å². The molecule has 0 fully saturated rings. The van der Waals surface area contributed by atoms with E-state index in [1.165, 1.54) is 0 Å². The number of aryl methyl sites for hydroxylation is 1. The number of halogens is 1. The van der Waals surface area contributed by atoms with E-state index in [4.69, 9.17) is 9.47 Å². The third kappa shape index (κ3) is 3.17. The van der Waals surface area contributed by atoms with Gasteiger partial charge < -0.3 is 14.8 Å². The molecule has 2 aromatic rings. The van der Waals surface area contributed by atoms with Gasteiger partial charge in [0.15, 0.2) is 0 Å². The molecular formula is C12H15BrN4O2. The molecule has 0 saturated carbocycles. The Bertz CT molecular complexity index is 571. The van der Waals surface area contributed by atoms with Crippen LogP contribution in [0.2, 0.25) is 0 Å². The molecule has 2 rings (SSSR count). The lowest BCUT2D eigenvalue weighted by Gasteiger charge is -2.10. The number of nitrogens with zero attached hydrogens (tertiary/aromatic N) is 3. The van der Waals surface area contributed by atoms with Crippen molar-refractivity contribution in [3.8, 4) is 11.8 Å². The van der Waals surface area contributed by atoms with Gasteiger partial charge >= 0.3 is 0 Å². The minimum absolute atomic E-state index is 0.492. The molecule has 2 heterocycles. The second-order valence-corrected chi connectivity index (χ2v) is 4.72. The first-order valence-electron chi connectivity index (χ1n) is 5.65. The van der Waals surface area contributed by atoms with Crippen LogP contribution in [-0.4, -0.2) is 29.0 Å². The zero-order valence-corrected chi connectivity index (χ0v) is 12.6. The zero-order valence-electron chi connectivity index (χ0n) is 11.0. The molecule has 0 spiro atoms. The van der Waals surface area contributed by atoms with Crippen molar-refractivity contribution < 1.29 is 9.47 Å². The molecule has 0 radical (unpaired) electrons. The van der Waals surface area contributed by atoms with Crippen LogP contribution < -0.4 is 14.8 Å². The predicted molar refractivity (Wildman–Crippen MR) is 75.6 cm³/mol. The van der Waals surface area contributed by atoms with Crippen molar-refractivity contribution in [1.82, 2.24) is 14.8 Å². The summed E-state index contributed by atoms with van der Waals surface area (Å²) in [7, 11) is 5.02. The zero-order chi connectivity index (χ0) is 13.8. The average Bonchev–Trinajstić information content (AvgIpc) is 2.74. The molecule has 102 valence electrons. The van der Waals surface area contributed by atoms with E-state index < -0.39 is 0 Å². The molecule has 0 atom stereocenters. The lowest BCUT2D eigenvalue weighted by Crippen LogP contribution is -2.04. The highest BCUT2D eigenvalue weighted by molar-refractivity contribution is 9.10. The van der Waals surface area contributed by atoms with E-state index in [1.807, 2.05) is 19.3 Å². The summed E-state index contributed by atoms with van der Waals surface area (Å²) in [6.45, 7) is 0.575. The fourth-order valence-electron chi connectivity index (χ4n) is 1.63. The number of aromatic nitrogens is 3. The summed E-state index contributed by atoms with van der Waals surface area (Å²) in [5.74, 6) is 1.01. The quantitative estimate of drug-likeness (QED) is 0.912. The largest absolute Gasteiger partial charge is 0.481 e. The number of anilines is 1. The summed E-state index contributed by atoms with van der Waals surface area (Å²) in [6, 6.07) is 3.64. The van der Waals surface area contributed by atoms with Gasteiger partial charge in [0.1, 0.15) is 0 Å². The van der Waals surface area contributed by atoms with E-state index in [2.05, 4.69) is 31.3 Å². The summed E-state index contributed by atoms with van der Waals surface area (Å²) in [5.41, 5.74) is 1.71. The molecular weight excluding hydrogens is 312 g/mol. The minimum atomic E-state index is 0.492. The number of nitrogens with one attached hydrogen (secondary N) is 1. The number of methoxy groups -OCH3 is 2. The van der Waals surface area contributed by atoms with E-state index in [0.29, 0.717) is 18.3 Å². The third-order valence-corrected chi connectivity index (χ3v) is 3.20. The van der Waals surface area contributed by atoms with Crippen LogP contribution in [0, 0.1) is 0 Å². The highest BCUT2D eigenvalue weighted by atomic mass is 79.9. The summed E-state index contributed by atoms with van der Waals surface area (Å²) >= 11 is 3.46. The van der Waals surface area contributed by atoms with E-state index in [9.17, 15) is 0 Å². The van der Waals surface area contributed by atoms with Gasteiger partial charge in [0.05, 0.1) is 36.6 Å². The fourth-order valence-corrected chi connectivity index (χ4v) is 2.15. The highest BCUT2D eigenvalue weighted by Crippen LogP contribution is 2.25. The summed E-state index contributed by atoms with van der Waals surface area (Å²) in [6.07, 6.45) is 1.90. The van der Waals surface area contributed by atoms with Crippen LogP contribution in [0.4, 0.5) is 5.69 Å². The number of rotatable bonds is 5. The standard InChI is InChI=1S/C12H15BrN4O2/c1-17-7-8(13)10(16-17)6-14-9-4-5-11(18-2)15-12(9)19-3/h4-5,7,14H,6H2,1-3H3. The summed E-state index contributed by atoms with van der Waals surface area (Å²) in [4.78, 5) is 4.21. The van der Waals surface area contributed by atoms with E-state index in [1.54, 1.807) is 25.0 Å². The smallest absolute Gasteiger partial charge is 0.240 e. The van der Waals surface area contributed by atoms with E-state index >= 15 is 0 Å².